The number of aliphatic imine (C=N–C) groups is 1. The van der Waals surface area contributed by atoms with Gasteiger partial charge < -0.3 is 0 Å². The molecule has 4 saturated carbocycles. The predicted molar refractivity (Wildman–Crippen MR) is 147 cm³/mol. The highest BCUT2D eigenvalue weighted by Crippen LogP contribution is 2.66. The third-order valence-electron chi connectivity index (χ3n) is 11.1. The molecule has 0 bridgehead atoms. The van der Waals surface area contributed by atoms with Crippen LogP contribution in [0.1, 0.15) is 133 Å². The van der Waals surface area contributed by atoms with Crippen LogP contribution in [0.3, 0.4) is 0 Å². The summed E-state index contributed by atoms with van der Waals surface area (Å²) in [5.74, 6) is 6.91. The number of fused-ring (bicyclic) bond motifs is 5. The van der Waals surface area contributed by atoms with E-state index < -0.39 is 0 Å². The Balaban J connectivity index is 0.00000149. The maximum atomic E-state index is 4.75. The van der Waals surface area contributed by atoms with Crippen LogP contribution in [-0.4, -0.2) is 5.71 Å². The summed E-state index contributed by atoms with van der Waals surface area (Å²) >= 11 is 0. The molecule has 4 aliphatic rings. The molecule has 4 fully saturated rings. The van der Waals surface area contributed by atoms with Crippen molar-refractivity contribution in [3.63, 3.8) is 0 Å². The van der Waals surface area contributed by atoms with Gasteiger partial charge in [-0.05, 0) is 137 Å². The monoisotopic (exact) mass is 455 g/mol. The lowest BCUT2D eigenvalue weighted by atomic mass is 9.47. The molecular weight excluding hydrogens is 398 g/mol. The van der Waals surface area contributed by atoms with Crippen molar-refractivity contribution in [3.05, 3.63) is 11.8 Å². The second-order valence-corrected chi connectivity index (χ2v) is 13.3. The van der Waals surface area contributed by atoms with Gasteiger partial charge in [0.25, 0.3) is 0 Å². The van der Waals surface area contributed by atoms with E-state index in [1.165, 1.54) is 62.7 Å². The molecule has 0 spiro atoms. The SMILES string of the molecule is CC.CC[C@]1(C)CCC2C(CCC3C2CCC2(C)C(C(C)CC(C)=NC=C(C)C)CCC32)C1. The van der Waals surface area contributed by atoms with Crippen molar-refractivity contribution in [2.45, 2.75) is 133 Å². The van der Waals surface area contributed by atoms with Gasteiger partial charge in [0.05, 0.1) is 0 Å². The normalized spacial score (nSPS) is 43.4. The second kappa shape index (κ2) is 11.0. The van der Waals surface area contributed by atoms with Crippen LogP contribution in [0, 0.1) is 52.3 Å². The predicted octanol–water partition coefficient (Wildman–Crippen LogP) is 10.1. The van der Waals surface area contributed by atoms with E-state index >= 15 is 0 Å². The number of hydrogen-bond acceptors (Lipinski definition) is 1. The fourth-order valence-corrected chi connectivity index (χ4v) is 9.38. The largest absolute Gasteiger partial charge is 0.266 e. The lowest BCUT2D eigenvalue weighted by Crippen LogP contribution is -2.50. The molecule has 33 heavy (non-hydrogen) atoms. The summed E-state index contributed by atoms with van der Waals surface area (Å²) in [7, 11) is 0. The first kappa shape index (κ1) is 27.0. The Bertz CT molecular complexity index is 699. The summed E-state index contributed by atoms with van der Waals surface area (Å²) in [6.45, 7) is 20.8. The minimum Gasteiger partial charge on any atom is -0.266 e. The van der Waals surface area contributed by atoms with Gasteiger partial charge in [0.2, 0.25) is 0 Å². The van der Waals surface area contributed by atoms with E-state index in [1.807, 2.05) is 13.8 Å². The highest BCUT2D eigenvalue weighted by Gasteiger charge is 2.58. The molecule has 190 valence electrons. The second-order valence-electron chi connectivity index (χ2n) is 13.3. The van der Waals surface area contributed by atoms with Crippen LogP contribution in [-0.2, 0) is 0 Å². The first-order valence-electron chi connectivity index (χ1n) is 14.8. The third-order valence-corrected chi connectivity index (χ3v) is 11.1. The molecule has 0 aromatic heterocycles. The molecule has 0 heterocycles. The Kier molecular flexibility index (Phi) is 8.99. The van der Waals surface area contributed by atoms with Crippen LogP contribution in [0.2, 0.25) is 0 Å². The van der Waals surface area contributed by atoms with Gasteiger partial charge >= 0.3 is 0 Å². The van der Waals surface area contributed by atoms with Gasteiger partial charge in [-0.25, -0.2) is 0 Å². The fourth-order valence-electron chi connectivity index (χ4n) is 9.38. The van der Waals surface area contributed by atoms with Crippen LogP contribution in [0.15, 0.2) is 16.8 Å². The Morgan fingerprint density at radius 3 is 2.27 bits per heavy atom. The van der Waals surface area contributed by atoms with E-state index in [0.717, 1.165) is 41.4 Å². The lowest BCUT2D eigenvalue weighted by molar-refractivity contribution is -0.0827. The van der Waals surface area contributed by atoms with Gasteiger partial charge in [0, 0.05) is 11.9 Å². The molecule has 1 heteroatoms. The van der Waals surface area contributed by atoms with Gasteiger partial charge in [-0.1, -0.05) is 53.5 Å². The molecule has 1 nitrogen and oxygen atoms in total. The van der Waals surface area contributed by atoms with Gasteiger partial charge in [-0.2, -0.15) is 0 Å². The minimum absolute atomic E-state index is 0.594. The van der Waals surface area contributed by atoms with E-state index in [9.17, 15) is 0 Å². The van der Waals surface area contributed by atoms with Crippen LogP contribution < -0.4 is 0 Å². The maximum Gasteiger partial charge on any atom is 0.0253 e. The molecule has 0 amide bonds. The van der Waals surface area contributed by atoms with Gasteiger partial charge in [0.15, 0.2) is 0 Å². The number of hydrogen-bond donors (Lipinski definition) is 0. The molecule has 8 unspecified atom stereocenters. The molecule has 4 rings (SSSR count). The van der Waals surface area contributed by atoms with Crippen molar-refractivity contribution >= 4 is 5.71 Å². The van der Waals surface area contributed by atoms with Crippen molar-refractivity contribution in [3.8, 4) is 0 Å². The number of rotatable bonds is 5. The maximum absolute atomic E-state index is 4.75. The van der Waals surface area contributed by atoms with E-state index in [0.29, 0.717) is 10.8 Å². The van der Waals surface area contributed by atoms with Crippen molar-refractivity contribution in [1.82, 2.24) is 0 Å². The zero-order valence-corrected chi connectivity index (χ0v) is 23.8. The average molecular weight is 456 g/mol. The minimum atomic E-state index is 0.594. The standard InChI is InChI=1S/C30H51N.C2H6/c1-8-29(6)15-13-24-23(18-29)9-10-26-25(24)14-16-30(7)27(11-12-28(26)30)21(4)17-22(5)31-19-20(2)3;1-2/h19,21,23-28H,8-18H2,1-7H3;1-2H3/t21?,23?,24?,25?,26?,27?,28?,29-,30?;/m1./s1. The summed E-state index contributed by atoms with van der Waals surface area (Å²) < 4.78 is 0. The van der Waals surface area contributed by atoms with Gasteiger partial charge in [-0.3, -0.25) is 4.99 Å². The molecule has 0 radical (unpaired) electrons. The van der Waals surface area contributed by atoms with Crippen LogP contribution in [0.4, 0.5) is 0 Å². The van der Waals surface area contributed by atoms with E-state index in [2.05, 4.69) is 54.7 Å². The van der Waals surface area contributed by atoms with Crippen molar-refractivity contribution in [2.24, 2.45) is 57.2 Å². The van der Waals surface area contributed by atoms with E-state index in [1.54, 1.807) is 19.3 Å². The highest BCUT2D eigenvalue weighted by molar-refractivity contribution is 5.82. The first-order chi connectivity index (χ1) is 15.7. The summed E-state index contributed by atoms with van der Waals surface area (Å²) in [4.78, 5) is 4.75. The molecule has 0 aromatic rings. The van der Waals surface area contributed by atoms with Crippen LogP contribution >= 0.6 is 0 Å². The van der Waals surface area contributed by atoms with Gasteiger partial charge in [0.1, 0.15) is 0 Å². The Morgan fingerprint density at radius 2 is 1.61 bits per heavy atom. The summed E-state index contributed by atoms with van der Waals surface area (Å²) in [6.07, 6.45) is 18.3. The zero-order valence-electron chi connectivity index (χ0n) is 23.8. The fraction of sp³-hybridized carbons (Fsp3) is 0.906. The highest BCUT2D eigenvalue weighted by atomic mass is 14.7. The zero-order chi connectivity index (χ0) is 24.4. The van der Waals surface area contributed by atoms with E-state index in [4.69, 9.17) is 4.99 Å². The number of nitrogens with zero attached hydrogens (tertiary/aromatic N) is 1. The molecule has 9 atom stereocenters. The first-order valence-corrected chi connectivity index (χ1v) is 14.8. The molecule has 0 aliphatic heterocycles. The third kappa shape index (κ3) is 5.48. The molecular formula is C32H57N. The molecule has 4 aliphatic carbocycles. The Morgan fingerprint density at radius 1 is 0.909 bits per heavy atom. The average Bonchev–Trinajstić information content (AvgIpc) is 3.16. The van der Waals surface area contributed by atoms with E-state index in [-0.39, 0.29) is 0 Å². The molecule has 0 saturated heterocycles. The molecule has 0 aromatic carbocycles. The Hall–Kier alpha value is -0.590. The smallest absolute Gasteiger partial charge is 0.0253 e. The lowest BCUT2D eigenvalue weighted by Gasteiger charge is -2.58. The summed E-state index contributed by atoms with van der Waals surface area (Å²) in [5, 5.41) is 0. The molecule has 0 N–H and O–H groups in total. The van der Waals surface area contributed by atoms with Crippen molar-refractivity contribution in [2.75, 3.05) is 0 Å². The van der Waals surface area contributed by atoms with Gasteiger partial charge in [-0.15, -0.1) is 0 Å². The van der Waals surface area contributed by atoms with Crippen LogP contribution in [0.25, 0.3) is 0 Å². The quantitative estimate of drug-likeness (QED) is 0.366. The van der Waals surface area contributed by atoms with Crippen molar-refractivity contribution in [1.29, 1.82) is 0 Å². The van der Waals surface area contributed by atoms with Crippen molar-refractivity contribution < 1.29 is 0 Å². The topological polar surface area (TPSA) is 12.4 Å². The number of allylic oxidation sites excluding steroid dienone is 1. The Labute approximate surface area is 207 Å². The summed E-state index contributed by atoms with van der Waals surface area (Å²) in [6, 6.07) is 0. The van der Waals surface area contributed by atoms with Crippen LogP contribution in [0.5, 0.6) is 0 Å². The summed E-state index contributed by atoms with van der Waals surface area (Å²) in [5.41, 5.74) is 3.87.